The van der Waals surface area contributed by atoms with Gasteiger partial charge in [0, 0.05) is 20.5 Å². The van der Waals surface area contributed by atoms with E-state index in [-0.39, 0.29) is 5.91 Å². The minimum absolute atomic E-state index is 0.202. The van der Waals surface area contributed by atoms with Crippen molar-refractivity contribution in [1.29, 1.82) is 0 Å². The van der Waals surface area contributed by atoms with Crippen molar-refractivity contribution < 1.29 is 4.79 Å². The van der Waals surface area contributed by atoms with E-state index in [2.05, 4.69) is 27.9 Å². The maximum Gasteiger partial charge on any atom is 0.255 e. The number of rotatable bonds is 2. The molecule has 0 aromatic heterocycles. The number of benzene rings is 2. The molecule has 5 heteroatoms. The average molecular weight is 387 g/mol. The molecular weight excluding hydrogens is 375 g/mol. The minimum Gasteiger partial charge on any atom is -0.399 e. The van der Waals surface area contributed by atoms with Gasteiger partial charge in [-0.1, -0.05) is 17.7 Å². The van der Waals surface area contributed by atoms with Gasteiger partial charge in [0.2, 0.25) is 0 Å². The Balaban J connectivity index is 2.25. The summed E-state index contributed by atoms with van der Waals surface area (Å²) in [6.45, 7) is 1.91. The standard InChI is InChI=1S/C14H12ClIN2O/c1-8-2-4-10(17)7-13(8)18-14(19)9-3-5-12(16)11(15)6-9/h2-7H,17H2,1H3,(H,18,19). The molecule has 2 rings (SSSR count). The van der Waals surface area contributed by atoms with Gasteiger partial charge in [-0.3, -0.25) is 4.79 Å². The summed E-state index contributed by atoms with van der Waals surface area (Å²) >= 11 is 8.13. The molecule has 0 unspecified atom stereocenters. The summed E-state index contributed by atoms with van der Waals surface area (Å²) in [6.07, 6.45) is 0. The lowest BCUT2D eigenvalue weighted by Crippen LogP contribution is -2.13. The Hall–Kier alpha value is -1.27. The van der Waals surface area contributed by atoms with Crippen LogP contribution in [0.5, 0.6) is 0 Å². The highest BCUT2D eigenvalue weighted by molar-refractivity contribution is 14.1. The first-order valence-corrected chi connectivity index (χ1v) is 7.05. The largest absolute Gasteiger partial charge is 0.399 e. The zero-order chi connectivity index (χ0) is 14.0. The van der Waals surface area contributed by atoms with Gasteiger partial charge in [0.05, 0.1) is 5.02 Å². The van der Waals surface area contributed by atoms with Crippen LogP contribution in [-0.4, -0.2) is 5.91 Å². The second-order valence-electron chi connectivity index (χ2n) is 4.16. The Morgan fingerprint density at radius 2 is 2.00 bits per heavy atom. The number of carbonyl (C=O) groups is 1. The smallest absolute Gasteiger partial charge is 0.255 e. The zero-order valence-corrected chi connectivity index (χ0v) is 13.1. The molecule has 3 nitrogen and oxygen atoms in total. The van der Waals surface area contributed by atoms with Crippen molar-refractivity contribution in [2.45, 2.75) is 6.92 Å². The number of amides is 1. The van der Waals surface area contributed by atoms with Gasteiger partial charge in [0.1, 0.15) is 0 Å². The van der Waals surface area contributed by atoms with Gasteiger partial charge in [-0.05, 0) is 65.4 Å². The number of hydrogen-bond donors (Lipinski definition) is 2. The van der Waals surface area contributed by atoms with Crippen LogP contribution in [0.25, 0.3) is 0 Å². The molecule has 2 aromatic rings. The van der Waals surface area contributed by atoms with E-state index < -0.39 is 0 Å². The molecule has 3 N–H and O–H groups in total. The average Bonchev–Trinajstić information content (AvgIpc) is 2.37. The van der Waals surface area contributed by atoms with Crippen LogP contribution in [0.1, 0.15) is 15.9 Å². The predicted molar refractivity (Wildman–Crippen MR) is 87.7 cm³/mol. The van der Waals surface area contributed by atoms with Gasteiger partial charge in [0.25, 0.3) is 5.91 Å². The molecule has 2 aromatic carbocycles. The first kappa shape index (κ1) is 14.1. The van der Waals surface area contributed by atoms with Crippen LogP contribution < -0.4 is 11.1 Å². The molecule has 0 spiro atoms. The Labute approximate surface area is 130 Å². The number of nitrogens with one attached hydrogen (secondary N) is 1. The molecule has 0 heterocycles. The number of hydrogen-bond acceptors (Lipinski definition) is 2. The van der Waals surface area contributed by atoms with Crippen LogP contribution in [-0.2, 0) is 0 Å². The van der Waals surface area contributed by atoms with Crippen molar-refractivity contribution in [2.24, 2.45) is 0 Å². The third-order valence-electron chi connectivity index (χ3n) is 2.69. The lowest BCUT2D eigenvalue weighted by molar-refractivity contribution is 0.102. The number of nitrogens with two attached hydrogens (primary N) is 1. The van der Waals surface area contributed by atoms with E-state index in [9.17, 15) is 4.79 Å². The molecule has 1 amide bonds. The molecule has 98 valence electrons. The van der Waals surface area contributed by atoms with Crippen molar-refractivity contribution >= 4 is 51.5 Å². The van der Waals surface area contributed by atoms with Crippen LogP contribution in [0.2, 0.25) is 5.02 Å². The van der Waals surface area contributed by atoms with Crippen molar-refractivity contribution in [1.82, 2.24) is 0 Å². The van der Waals surface area contributed by atoms with E-state index in [1.54, 1.807) is 24.3 Å². The number of aryl methyl sites for hydroxylation is 1. The molecule has 0 fully saturated rings. The first-order valence-electron chi connectivity index (χ1n) is 5.60. The van der Waals surface area contributed by atoms with Crippen LogP contribution in [0, 0.1) is 10.5 Å². The number of halogens is 2. The number of nitrogen functional groups attached to an aromatic ring is 1. The molecule has 0 aliphatic rings. The second kappa shape index (κ2) is 5.79. The predicted octanol–water partition coefficient (Wildman–Crippen LogP) is 4.09. The number of carbonyl (C=O) groups excluding carboxylic acids is 1. The van der Waals surface area contributed by atoms with E-state index in [4.69, 9.17) is 17.3 Å². The fourth-order valence-electron chi connectivity index (χ4n) is 1.61. The molecule has 0 radical (unpaired) electrons. The molecule has 0 saturated heterocycles. The highest BCUT2D eigenvalue weighted by atomic mass is 127. The molecule has 0 bridgehead atoms. The lowest BCUT2D eigenvalue weighted by atomic mass is 10.1. The summed E-state index contributed by atoms with van der Waals surface area (Å²) < 4.78 is 0.913. The minimum atomic E-state index is -0.202. The maximum atomic E-state index is 12.1. The Morgan fingerprint density at radius 1 is 1.26 bits per heavy atom. The van der Waals surface area contributed by atoms with E-state index >= 15 is 0 Å². The summed E-state index contributed by atoms with van der Waals surface area (Å²) in [7, 11) is 0. The Morgan fingerprint density at radius 3 is 2.68 bits per heavy atom. The molecular formula is C14H12ClIN2O. The Kier molecular flexibility index (Phi) is 4.31. The Bertz CT molecular complexity index is 643. The van der Waals surface area contributed by atoms with E-state index in [0.717, 1.165) is 9.13 Å². The third-order valence-corrected chi connectivity index (χ3v) is 4.26. The maximum absolute atomic E-state index is 12.1. The molecule has 0 atom stereocenters. The van der Waals surface area contributed by atoms with Crippen molar-refractivity contribution in [3.8, 4) is 0 Å². The van der Waals surface area contributed by atoms with Gasteiger partial charge in [-0.15, -0.1) is 0 Å². The van der Waals surface area contributed by atoms with Crippen LogP contribution in [0.4, 0.5) is 11.4 Å². The monoisotopic (exact) mass is 386 g/mol. The van der Waals surface area contributed by atoms with Crippen LogP contribution >= 0.6 is 34.2 Å². The van der Waals surface area contributed by atoms with Crippen LogP contribution in [0.15, 0.2) is 36.4 Å². The highest BCUT2D eigenvalue weighted by Gasteiger charge is 2.09. The van der Waals surface area contributed by atoms with Gasteiger partial charge >= 0.3 is 0 Å². The van der Waals surface area contributed by atoms with E-state index in [1.165, 1.54) is 0 Å². The van der Waals surface area contributed by atoms with E-state index in [0.29, 0.717) is 22.0 Å². The lowest BCUT2D eigenvalue weighted by Gasteiger charge is -2.09. The fourth-order valence-corrected chi connectivity index (χ4v) is 2.12. The summed E-state index contributed by atoms with van der Waals surface area (Å²) in [5, 5.41) is 3.40. The first-order chi connectivity index (χ1) is 8.97. The zero-order valence-electron chi connectivity index (χ0n) is 10.2. The van der Waals surface area contributed by atoms with E-state index in [1.807, 2.05) is 19.1 Å². The second-order valence-corrected chi connectivity index (χ2v) is 5.73. The normalized spacial score (nSPS) is 10.3. The van der Waals surface area contributed by atoms with Gasteiger partial charge in [-0.2, -0.15) is 0 Å². The summed E-state index contributed by atoms with van der Waals surface area (Å²) in [4.78, 5) is 12.1. The number of anilines is 2. The summed E-state index contributed by atoms with van der Waals surface area (Å²) in [5.41, 5.74) is 8.51. The molecule has 0 aliphatic heterocycles. The fraction of sp³-hybridized carbons (Fsp3) is 0.0714. The molecule has 19 heavy (non-hydrogen) atoms. The summed E-state index contributed by atoms with van der Waals surface area (Å²) in [5.74, 6) is -0.202. The van der Waals surface area contributed by atoms with Crippen molar-refractivity contribution in [2.75, 3.05) is 11.1 Å². The van der Waals surface area contributed by atoms with Gasteiger partial charge in [0.15, 0.2) is 0 Å². The van der Waals surface area contributed by atoms with Gasteiger partial charge in [-0.25, -0.2) is 0 Å². The highest BCUT2D eigenvalue weighted by Crippen LogP contribution is 2.22. The third kappa shape index (κ3) is 3.39. The SMILES string of the molecule is Cc1ccc(N)cc1NC(=O)c1ccc(I)c(Cl)c1. The molecule has 0 aliphatic carbocycles. The molecule has 0 saturated carbocycles. The quantitative estimate of drug-likeness (QED) is 0.603. The topological polar surface area (TPSA) is 55.1 Å². The van der Waals surface area contributed by atoms with Crippen molar-refractivity contribution in [3.63, 3.8) is 0 Å². The van der Waals surface area contributed by atoms with Gasteiger partial charge < -0.3 is 11.1 Å². The summed E-state index contributed by atoms with van der Waals surface area (Å²) in [6, 6.07) is 10.6. The van der Waals surface area contributed by atoms with Crippen molar-refractivity contribution in [3.05, 3.63) is 56.1 Å². The van der Waals surface area contributed by atoms with Crippen LogP contribution in [0.3, 0.4) is 0 Å².